The third-order valence-corrected chi connectivity index (χ3v) is 2.01. The second-order valence-electron chi connectivity index (χ2n) is 3.58. The van der Waals surface area contributed by atoms with E-state index in [-0.39, 0.29) is 5.92 Å². The highest BCUT2D eigenvalue weighted by Crippen LogP contribution is 2.21. The minimum Gasteiger partial charge on any atom is -0.228 e. The van der Waals surface area contributed by atoms with Crippen LogP contribution < -0.4 is 0 Å². The minimum atomic E-state index is -0.578. The standard InChI is InChI=1S/C11H15O/c1-8(2)11(12)10-6-4-9(3)5-7-10/h4-8,11H,1-3H3. The Labute approximate surface area is 74.1 Å². The van der Waals surface area contributed by atoms with Crippen LogP contribution in [0.2, 0.25) is 0 Å². The van der Waals surface area contributed by atoms with E-state index in [1.807, 2.05) is 45.0 Å². The van der Waals surface area contributed by atoms with Gasteiger partial charge < -0.3 is 0 Å². The zero-order valence-corrected chi connectivity index (χ0v) is 7.87. The van der Waals surface area contributed by atoms with E-state index in [0.29, 0.717) is 0 Å². The summed E-state index contributed by atoms with van der Waals surface area (Å²) in [7, 11) is 0. The molecule has 1 nitrogen and oxygen atoms in total. The van der Waals surface area contributed by atoms with E-state index < -0.39 is 6.10 Å². The third kappa shape index (κ3) is 2.08. The third-order valence-electron chi connectivity index (χ3n) is 2.01. The molecular formula is C11H15O. The maximum Gasteiger partial charge on any atom is 0.120 e. The molecule has 12 heavy (non-hydrogen) atoms. The summed E-state index contributed by atoms with van der Waals surface area (Å²) in [5, 5.41) is 11.5. The van der Waals surface area contributed by atoms with Gasteiger partial charge in [0.2, 0.25) is 0 Å². The van der Waals surface area contributed by atoms with Crippen LogP contribution in [0.4, 0.5) is 0 Å². The van der Waals surface area contributed by atoms with Gasteiger partial charge in [-0.15, -0.1) is 0 Å². The molecule has 0 bridgehead atoms. The molecule has 1 rings (SSSR count). The van der Waals surface area contributed by atoms with Crippen molar-refractivity contribution in [3.63, 3.8) is 0 Å². The molecule has 0 heterocycles. The average Bonchev–Trinajstić information content (AvgIpc) is 2.04. The van der Waals surface area contributed by atoms with Gasteiger partial charge in [0, 0.05) is 0 Å². The summed E-state index contributed by atoms with van der Waals surface area (Å²) in [6, 6.07) is 7.82. The molecule has 1 unspecified atom stereocenters. The van der Waals surface area contributed by atoms with Crippen LogP contribution in [-0.2, 0) is 5.11 Å². The number of rotatable bonds is 2. The highest BCUT2D eigenvalue weighted by Gasteiger charge is 2.12. The van der Waals surface area contributed by atoms with Crippen LogP contribution in [0.3, 0.4) is 0 Å². The fourth-order valence-corrected chi connectivity index (χ4v) is 1.14. The van der Waals surface area contributed by atoms with Gasteiger partial charge in [0.05, 0.1) is 0 Å². The van der Waals surface area contributed by atoms with Crippen LogP contribution in [0.5, 0.6) is 0 Å². The first-order valence-electron chi connectivity index (χ1n) is 4.33. The topological polar surface area (TPSA) is 19.9 Å². The maximum atomic E-state index is 11.5. The lowest BCUT2D eigenvalue weighted by Crippen LogP contribution is -2.03. The molecule has 1 heteroatoms. The average molecular weight is 163 g/mol. The normalized spacial score (nSPS) is 13.4. The Kier molecular flexibility index (Phi) is 2.88. The molecule has 0 saturated heterocycles. The summed E-state index contributed by atoms with van der Waals surface area (Å²) < 4.78 is 0. The van der Waals surface area contributed by atoms with Crippen molar-refractivity contribution in [3.8, 4) is 0 Å². The van der Waals surface area contributed by atoms with Crippen molar-refractivity contribution in [2.75, 3.05) is 0 Å². The van der Waals surface area contributed by atoms with Gasteiger partial charge in [-0.05, 0) is 18.4 Å². The molecular weight excluding hydrogens is 148 g/mol. The van der Waals surface area contributed by atoms with Crippen molar-refractivity contribution in [2.45, 2.75) is 26.9 Å². The van der Waals surface area contributed by atoms with E-state index in [1.54, 1.807) is 0 Å². The zero-order chi connectivity index (χ0) is 9.14. The molecule has 0 N–H and O–H groups in total. The van der Waals surface area contributed by atoms with Crippen LogP contribution in [0.25, 0.3) is 0 Å². The van der Waals surface area contributed by atoms with Crippen LogP contribution in [0, 0.1) is 12.8 Å². The van der Waals surface area contributed by atoms with Gasteiger partial charge in [0.25, 0.3) is 0 Å². The van der Waals surface area contributed by atoms with Crippen molar-refractivity contribution in [1.29, 1.82) is 0 Å². The molecule has 0 aromatic heterocycles. The van der Waals surface area contributed by atoms with E-state index in [2.05, 4.69) is 0 Å². The molecule has 65 valence electrons. The van der Waals surface area contributed by atoms with Crippen LogP contribution in [-0.4, -0.2) is 0 Å². The molecule has 0 aliphatic rings. The summed E-state index contributed by atoms with van der Waals surface area (Å²) in [6.45, 7) is 5.94. The van der Waals surface area contributed by atoms with E-state index in [1.165, 1.54) is 5.56 Å². The van der Waals surface area contributed by atoms with Crippen LogP contribution in [0.15, 0.2) is 24.3 Å². The molecule has 0 aliphatic carbocycles. The van der Waals surface area contributed by atoms with Crippen molar-refractivity contribution in [3.05, 3.63) is 35.4 Å². The number of benzene rings is 1. The molecule has 1 radical (unpaired) electrons. The number of hydrogen-bond donors (Lipinski definition) is 0. The van der Waals surface area contributed by atoms with E-state index in [9.17, 15) is 5.11 Å². The van der Waals surface area contributed by atoms with Gasteiger partial charge in [0.15, 0.2) is 0 Å². The van der Waals surface area contributed by atoms with Gasteiger partial charge in [-0.25, -0.2) is 5.11 Å². The Morgan fingerprint density at radius 1 is 1.08 bits per heavy atom. The summed E-state index contributed by atoms with van der Waals surface area (Å²) in [4.78, 5) is 0. The first-order valence-corrected chi connectivity index (χ1v) is 4.33. The number of aryl methyl sites for hydroxylation is 1. The van der Waals surface area contributed by atoms with E-state index in [4.69, 9.17) is 0 Å². The monoisotopic (exact) mass is 163 g/mol. The van der Waals surface area contributed by atoms with Crippen LogP contribution in [0.1, 0.15) is 31.1 Å². The largest absolute Gasteiger partial charge is 0.228 e. The first-order chi connectivity index (χ1) is 5.61. The van der Waals surface area contributed by atoms with Crippen LogP contribution >= 0.6 is 0 Å². The number of hydrogen-bond acceptors (Lipinski definition) is 0. The minimum absolute atomic E-state index is 0.174. The zero-order valence-electron chi connectivity index (χ0n) is 7.87. The Bertz CT molecular complexity index is 236. The molecule has 0 fully saturated rings. The molecule has 1 aromatic carbocycles. The fourth-order valence-electron chi connectivity index (χ4n) is 1.14. The molecule has 0 saturated carbocycles. The molecule has 1 aromatic rings. The van der Waals surface area contributed by atoms with Gasteiger partial charge in [-0.3, -0.25) is 0 Å². The second-order valence-corrected chi connectivity index (χ2v) is 3.58. The summed E-state index contributed by atoms with van der Waals surface area (Å²) in [5.41, 5.74) is 2.10. The summed E-state index contributed by atoms with van der Waals surface area (Å²) in [6.07, 6.45) is -0.578. The predicted octanol–water partition coefficient (Wildman–Crippen LogP) is 3.12. The highest BCUT2D eigenvalue weighted by atomic mass is 16.3. The summed E-state index contributed by atoms with van der Waals surface area (Å²) in [5.74, 6) is 0.174. The molecule has 0 aliphatic heterocycles. The summed E-state index contributed by atoms with van der Waals surface area (Å²) >= 11 is 0. The van der Waals surface area contributed by atoms with E-state index in [0.717, 1.165) is 5.56 Å². The van der Waals surface area contributed by atoms with Crippen molar-refractivity contribution < 1.29 is 5.11 Å². The molecule has 0 spiro atoms. The second kappa shape index (κ2) is 3.72. The Morgan fingerprint density at radius 2 is 1.58 bits per heavy atom. The predicted molar refractivity (Wildman–Crippen MR) is 49.4 cm³/mol. The lowest BCUT2D eigenvalue weighted by atomic mass is 9.98. The highest BCUT2D eigenvalue weighted by molar-refractivity contribution is 5.23. The van der Waals surface area contributed by atoms with Crippen molar-refractivity contribution >= 4 is 0 Å². The lowest BCUT2D eigenvalue weighted by Gasteiger charge is -2.11. The quantitative estimate of drug-likeness (QED) is 0.638. The van der Waals surface area contributed by atoms with Crippen molar-refractivity contribution in [2.24, 2.45) is 5.92 Å². The molecule has 1 atom stereocenters. The van der Waals surface area contributed by atoms with E-state index >= 15 is 0 Å². The smallest absolute Gasteiger partial charge is 0.120 e. The maximum absolute atomic E-state index is 11.5. The molecule has 0 amide bonds. The van der Waals surface area contributed by atoms with Gasteiger partial charge >= 0.3 is 0 Å². The Balaban J connectivity index is 2.82. The van der Waals surface area contributed by atoms with Crippen molar-refractivity contribution in [1.82, 2.24) is 0 Å². The van der Waals surface area contributed by atoms with Gasteiger partial charge in [-0.2, -0.15) is 0 Å². The van der Waals surface area contributed by atoms with Gasteiger partial charge in [0.1, 0.15) is 6.10 Å². The lowest BCUT2D eigenvalue weighted by molar-refractivity contribution is 0.0488. The van der Waals surface area contributed by atoms with Gasteiger partial charge in [-0.1, -0.05) is 43.7 Å². The Morgan fingerprint density at radius 3 is 2.00 bits per heavy atom. The SMILES string of the molecule is Cc1ccc(C([O])C(C)C)cc1. The fraction of sp³-hybridized carbons (Fsp3) is 0.455. The Hall–Kier alpha value is -0.820. The first kappa shape index (κ1) is 9.27.